The van der Waals surface area contributed by atoms with Gasteiger partial charge in [-0.05, 0) is 24.6 Å². The van der Waals surface area contributed by atoms with Crippen molar-refractivity contribution in [3.8, 4) is 0 Å². The molecule has 1 rings (SSSR count). The molecule has 0 radical (unpaired) electrons. The Hall–Kier alpha value is -0.810. The van der Waals surface area contributed by atoms with E-state index in [0.717, 1.165) is 5.56 Å². The van der Waals surface area contributed by atoms with Crippen molar-refractivity contribution in [3.05, 3.63) is 33.8 Å². The lowest BCUT2D eigenvalue weighted by Gasteiger charge is -2.15. The summed E-state index contributed by atoms with van der Waals surface area (Å²) in [5, 5.41) is 7.27. The van der Waals surface area contributed by atoms with Gasteiger partial charge in [0, 0.05) is 42.7 Å². The van der Waals surface area contributed by atoms with Gasteiger partial charge in [-0.2, -0.15) is 0 Å². The summed E-state index contributed by atoms with van der Waals surface area (Å²) in [6.45, 7) is 3.64. The molecule has 0 saturated heterocycles. The fourth-order valence-corrected chi connectivity index (χ4v) is 2.32. The van der Waals surface area contributed by atoms with Crippen molar-refractivity contribution < 1.29 is 9.53 Å². The van der Waals surface area contributed by atoms with E-state index in [1.807, 2.05) is 13.0 Å². The summed E-state index contributed by atoms with van der Waals surface area (Å²) in [6, 6.07) is 5.47. The van der Waals surface area contributed by atoms with Gasteiger partial charge in [0.05, 0.1) is 6.61 Å². The maximum absolute atomic E-state index is 11.5. The number of carbonyl (C=O) groups excluding carboxylic acids is 1. The van der Waals surface area contributed by atoms with Gasteiger partial charge in [0.25, 0.3) is 0 Å². The van der Waals surface area contributed by atoms with Crippen LogP contribution in [-0.2, 0) is 9.53 Å². The Morgan fingerprint density at radius 3 is 2.75 bits per heavy atom. The number of hydrogen-bond acceptors (Lipinski definition) is 3. The molecule has 1 unspecified atom stereocenters. The quantitative estimate of drug-likeness (QED) is 0.725. The number of ether oxygens (including phenoxy) is 1. The van der Waals surface area contributed by atoms with E-state index in [4.69, 9.17) is 27.9 Å². The van der Waals surface area contributed by atoms with E-state index < -0.39 is 0 Å². The van der Waals surface area contributed by atoms with Gasteiger partial charge in [0.15, 0.2) is 0 Å². The Bertz CT molecular complexity index is 441. The van der Waals surface area contributed by atoms with E-state index >= 15 is 0 Å². The first kappa shape index (κ1) is 17.2. The fourth-order valence-electron chi connectivity index (χ4n) is 1.75. The highest BCUT2D eigenvalue weighted by Gasteiger charge is 2.10. The third-order valence-electron chi connectivity index (χ3n) is 2.86. The molecule has 0 aliphatic heterocycles. The van der Waals surface area contributed by atoms with Crippen LogP contribution in [0.5, 0.6) is 0 Å². The Morgan fingerprint density at radius 1 is 1.35 bits per heavy atom. The van der Waals surface area contributed by atoms with Crippen LogP contribution in [0.2, 0.25) is 10.0 Å². The number of methoxy groups -OCH3 is 1. The number of benzene rings is 1. The van der Waals surface area contributed by atoms with E-state index in [9.17, 15) is 4.79 Å². The molecule has 0 spiro atoms. The molecule has 1 aromatic carbocycles. The van der Waals surface area contributed by atoms with E-state index in [1.165, 1.54) is 0 Å². The zero-order valence-electron chi connectivity index (χ0n) is 11.7. The number of halogens is 2. The molecular formula is C14H20Cl2N2O2. The van der Waals surface area contributed by atoms with Gasteiger partial charge in [-0.3, -0.25) is 4.79 Å². The molecule has 0 aliphatic rings. The minimum absolute atomic E-state index is 0.00366. The second-order valence-electron chi connectivity index (χ2n) is 4.43. The summed E-state index contributed by atoms with van der Waals surface area (Å²) in [5.74, 6) is 0.00366. The van der Waals surface area contributed by atoms with Crippen LogP contribution in [0.15, 0.2) is 18.2 Å². The maximum atomic E-state index is 11.5. The van der Waals surface area contributed by atoms with E-state index in [2.05, 4.69) is 10.6 Å². The monoisotopic (exact) mass is 318 g/mol. The first-order chi connectivity index (χ1) is 9.54. The zero-order valence-corrected chi connectivity index (χ0v) is 13.2. The topological polar surface area (TPSA) is 50.4 Å². The van der Waals surface area contributed by atoms with Crippen LogP contribution in [0.25, 0.3) is 0 Å². The molecule has 1 aromatic rings. The molecule has 0 bridgehead atoms. The molecule has 0 aromatic heterocycles. The lowest BCUT2D eigenvalue weighted by atomic mass is 10.1. The first-order valence-electron chi connectivity index (χ1n) is 6.48. The van der Waals surface area contributed by atoms with Gasteiger partial charge < -0.3 is 15.4 Å². The zero-order chi connectivity index (χ0) is 15.0. The minimum Gasteiger partial charge on any atom is -0.383 e. The molecule has 4 nitrogen and oxygen atoms in total. The number of amides is 1. The fraction of sp³-hybridized carbons (Fsp3) is 0.500. The molecular weight excluding hydrogens is 299 g/mol. The Balaban J connectivity index is 2.32. The standard InChI is InChI=1S/C14H20Cl2N2O2/c1-10(12-4-3-11(15)9-13(12)16)17-6-5-14(19)18-7-8-20-2/h3-4,9-10,17H,5-8H2,1-2H3,(H,18,19). The van der Waals surface area contributed by atoms with Gasteiger partial charge in [0.2, 0.25) is 5.91 Å². The van der Waals surface area contributed by atoms with Crippen LogP contribution in [0.4, 0.5) is 0 Å². The van der Waals surface area contributed by atoms with E-state index in [-0.39, 0.29) is 11.9 Å². The Labute approximate surface area is 129 Å². The average molecular weight is 319 g/mol. The summed E-state index contributed by atoms with van der Waals surface area (Å²) in [7, 11) is 1.60. The van der Waals surface area contributed by atoms with Gasteiger partial charge in [-0.15, -0.1) is 0 Å². The minimum atomic E-state index is 0.00366. The summed E-state index contributed by atoms with van der Waals surface area (Å²) in [4.78, 5) is 11.5. The third-order valence-corrected chi connectivity index (χ3v) is 3.42. The molecule has 0 aliphatic carbocycles. The Kier molecular flexibility index (Phi) is 7.92. The third kappa shape index (κ3) is 6.09. The van der Waals surface area contributed by atoms with Crippen molar-refractivity contribution in [1.82, 2.24) is 10.6 Å². The second-order valence-corrected chi connectivity index (χ2v) is 5.28. The largest absolute Gasteiger partial charge is 0.383 e. The highest BCUT2D eigenvalue weighted by molar-refractivity contribution is 6.35. The van der Waals surface area contributed by atoms with Crippen LogP contribution >= 0.6 is 23.2 Å². The van der Waals surface area contributed by atoms with Crippen molar-refractivity contribution in [1.29, 1.82) is 0 Å². The van der Waals surface area contributed by atoms with Crippen molar-refractivity contribution in [3.63, 3.8) is 0 Å². The van der Waals surface area contributed by atoms with Crippen molar-refractivity contribution in [2.45, 2.75) is 19.4 Å². The molecule has 0 heterocycles. The molecule has 1 amide bonds. The SMILES string of the molecule is COCCNC(=O)CCNC(C)c1ccc(Cl)cc1Cl. The molecule has 6 heteroatoms. The number of nitrogens with one attached hydrogen (secondary N) is 2. The molecule has 2 N–H and O–H groups in total. The van der Waals surface area contributed by atoms with Crippen LogP contribution < -0.4 is 10.6 Å². The van der Waals surface area contributed by atoms with Gasteiger partial charge in [-0.1, -0.05) is 29.3 Å². The molecule has 20 heavy (non-hydrogen) atoms. The van der Waals surface area contributed by atoms with E-state index in [0.29, 0.717) is 36.2 Å². The van der Waals surface area contributed by atoms with Gasteiger partial charge in [-0.25, -0.2) is 0 Å². The molecule has 112 valence electrons. The summed E-state index contributed by atoms with van der Waals surface area (Å²) in [6.07, 6.45) is 0.416. The highest BCUT2D eigenvalue weighted by atomic mass is 35.5. The maximum Gasteiger partial charge on any atom is 0.221 e. The number of carbonyl (C=O) groups is 1. The van der Waals surface area contributed by atoms with Crippen LogP contribution in [0.1, 0.15) is 24.9 Å². The molecule has 0 saturated carbocycles. The van der Waals surface area contributed by atoms with Crippen molar-refractivity contribution in [2.24, 2.45) is 0 Å². The number of hydrogen-bond donors (Lipinski definition) is 2. The number of rotatable bonds is 8. The van der Waals surface area contributed by atoms with Gasteiger partial charge in [0.1, 0.15) is 0 Å². The smallest absolute Gasteiger partial charge is 0.221 e. The lowest BCUT2D eigenvalue weighted by molar-refractivity contribution is -0.121. The molecule has 0 fully saturated rings. The normalized spacial score (nSPS) is 12.2. The van der Waals surface area contributed by atoms with Crippen LogP contribution in [0, 0.1) is 0 Å². The highest BCUT2D eigenvalue weighted by Crippen LogP contribution is 2.25. The van der Waals surface area contributed by atoms with Crippen molar-refractivity contribution in [2.75, 3.05) is 26.8 Å². The second kappa shape index (κ2) is 9.19. The van der Waals surface area contributed by atoms with Gasteiger partial charge >= 0.3 is 0 Å². The Morgan fingerprint density at radius 2 is 2.10 bits per heavy atom. The predicted octanol–water partition coefficient (Wildman–Crippen LogP) is 2.80. The first-order valence-corrected chi connectivity index (χ1v) is 7.24. The molecule has 1 atom stereocenters. The average Bonchev–Trinajstić information content (AvgIpc) is 2.38. The lowest BCUT2D eigenvalue weighted by Crippen LogP contribution is -2.30. The predicted molar refractivity (Wildman–Crippen MR) is 82.4 cm³/mol. The van der Waals surface area contributed by atoms with Crippen molar-refractivity contribution >= 4 is 29.1 Å². The summed E-state index contributed by atoms with van der Waals surface area (Å²) >= 11 is 12.0. The van der Waals surface area contributed by atoms with E-state index in [1.54, 1.807) is 19.2 Å². The summed E-state index contributed by atoms with van der Waals surface area (Å²) < 4.78 is 4.86. The van der Waals surface area contributed by atoms with Crippen LogP contribution in [0.3, 0.4) is 0 Å². The summed E-state index contributed by atoms with van der Waals surface area (Å²) in [5.41, 5.74) is 0.968. The van der Waals surface area contributed by atoms with Crippen LogP contribution in [-0.4, -0.2) is 32.7 Å².